The molecule has 29 heavy (non-hydrogen) atoms. The van der Waals surface area contributed by atoms with E-state index in [9.17, 15) is 0 Å². The highest BCUT2D eigenvalue weighted by molar-refractivity contribution is 7.19. The highest BCUT2D eigenvalue weighted by Crippen LogP contribution is 2.39. The second kappa shape index (κ2) is 7.15. The van der Waals surface area contributed by atoms with E-state index in [0.717, 1.165) is 50.0 Å². The zero-order valence-electron chi connectivity index (χ0n) is 16.4. The lowest BCUT2D eigenvalue weighted by molar-refractivity contribution is -0.914. The van der Waals surface area contributed by atoms with Gasteiger partial charge in [-0.05, 0) is 49.4 Å². The lowest BCUT2D eigenvalue weighted by Crippen LogP contribution is -3.13. The minimum absolute atomic E-state index is 0.337. The lowest BCUT2D eigenvalue weighted by Gasteiger charge is -2.33. The Labute approximate surface area is 174 Å². The van der Waals surface area contributed by atoms with Crippen LogP contribution in [0.5, 0.6) is 11.5 Å². The average Bonchev–Trinajstić information content (AvgIpc) is 3.38. The van der Waals surface area contributed by atoms with E-state index in [4.69, 9.17) is 14.5 Å². The maximum Gasteiger partial charge on any atom is 0.231 e. The summed E-state index contributed by atoms with van der Waals surface area (Å²) in [5, 5.41) is 1.34. The van der Waals surface area contributed by atoms with Crippen molar-refractivity contribution in [3.05, 3.63) is 40.5 Å². The van der Waals surface area contributed by atoms with Crippen LogP contribution in [0.1, 0.15) is 28.8 Å². The molecular weight excluding hydrogens is 384 g/mol. The van der Waals surface area contributed by atoms with Crippen LogP contribution in [0.15, 0.2) is 24.5 Å². The number of hydrogen-bond donors (Lipinski definition) is 1. The summed E-state index contributed by atoms with van der Waals surface area (Å²) in [7, 11) is 0. The van der Waals surface area contributed by atoms with Gasteiger partial charge in [-0.15, -0.1) is 11.3 Å². The van der Waals surface area contributed by atoms with Crippen molar-refractivity contribution < 1.29 is 14.4 Å². The Morgan fingerprint density at radius 2 is 1.90 bits per heavy atom. The van der Waals surface area contributed by atoms with Crippen LogP contribution in [0, 0.1) is 0 Å². The van der Waals surface area contributed by atoms with Crippen molar-refractivity contribution in [2.75, 3.05) is 37.9 Å². The predicted octanol–water partition coefficient (Wildman–Crippen LogP) is 2.20. The Bertz CT molecular complexity index is 1060. The summed E-state index contributed by atoms with van der Waals surface area (Å²) in [5.41, 5.74) is 2.84. The molecule has 150 valence electrons. The third kappa shape index (κ3) is 3.13. The Morgan fingerprint density at radius 3 is 2.83 bits per heavy atom. The summed E-state index contributed by atoms with van der Waals surface area (Å²) in [6.07, 6.45) is 6.75. The molecule has 0 radical (unpaired) electrons. The second-order valence-electron chi connectivity index (χ2n) is 8.19. The number of quaternary nitrogens is 1. The van der Waals surface area contributed by atoms with Crippen LogP contribution < -0.4 is 19.3 Å². The van der Waals surface area contributed by atoms with E-state index in [2.05, 4.69) is 22.0 Å². The molecule has 6 nitrogen and oxygen atoms in total. The number of nitrogens with one attached hydrogen (secondary N) is 1. The van der Waals surface area contributed by atoms with Gasteiger partial charge < -0.3 is 19.3 Å². The molecular formula is C22H25N4O2S+. The molecule has 2 aromatic heterocycles. The van der Waals surface area contributed by atoms with Crippen LogP contribution in [-0.4, -0.2) is 42.9 Å². The first kappa shape index (κ1) is 17.5. The lowest BCUT2D eigenvalue weighted by atomic mass is 9.97. The number of aryl methyl sites for hydroxylation is 2. The van der Waals surface area contributed by atoms with E-state index >= 15 is 0 Å². The Hall–Kier alpha value is -2.38. The van der Waals surface area contributed by atoms with Gasteiger partial charge in [-0.3, -0.25) is 0 Å². The molecule has 3 aromatic rings. The van der Waals surface area contributed by atoms with E-state index in [1.807, 2.05) is 17.4 Å². The summed E-state index contributed by atoms with van der Waals surface area (Å²) >= 11 is 1.88. The van der Waals surface area contributed by atoms with Crippen molar-refractivity contribution >= 4 is 27.4 Å². The highest BCUT2D eigenvalue weighted by Gasteiger charge is 2.26. The Morgan fingerprint density at radius 1 is 1.03 bits per heavy atom. The summed E-state index contributed by atoms with van der Waals surface area (Å²) in [6.45, 7) is 5.67. The van der Waals surface area contributed by atoms with Gasteiger partial charge in [-0.25, -0.2) is 9.97 Å². The molecule has 6 rings (SSSR count). The maximum absolute atomic E-state index is 5.53. The fourth-order valence-electron chi connectivity index (χ4n) is 4.86. The molecule has 1 aliphatic carbocycles. The highest BCUT2D eigenvalue weighted by atomic mass is 32.1. The molecule has 0 spiro atoms. The minimum atomic E-state index is 0.337. The number of aromatic nitrogens is 2. The molecule has 0 unspecified atom stereocenters. The number of fused-ring (bicyclic) bond motifs is 4. The van der Waals surface area contributed by atoms with Crippen LogP contribution in [0.3, 0.4) is 0 Å². The van der Waals surface area contributed by atoms with E-state index in [-0.39, 0.29) is 0 Å². The van der Waals surface area contributed by atoms with E-state index in [1.54, 1.807) is 16.1 Å². The molecule has 0 amide bonds. The van der Waals surface area contributed by atoms with Crippen molar-refractivity contribution in [2.45, 2.75) is 32.2 Å². The van der Waals surface area contributed by atoms with Crippen LogP contribution in [0.4, 0.5) is 5.82 Å². The van der Waals surface area contributed by atoms with E-state index in [0.29, 0.717) is 6.79 Å². The first-order valence-electron chi connectivity index (χ1n) is 10.6. The molecule has 0 atom stereocenters. The zero-order chi connectivity index (χ0) is 19.2. The summed E-state index contributed by atoms with van der Waals surface area (Å²) in [6, 6.07) is 6.33. The molecule has 1 N–H and O–H groups in total. The topological polar surface area (TPSA) is 51.9 Å². The minimum Gasteiger partial charge on any atom is -0.454 e. The summed E-state index contributed by atoms with van der Waals surface area (Å²) < 4.78 is 11.0. The molecule has 0 saturated carbocycles. The van der Waals surface area contributed by atoms with Crippen molar-refractivity contribution in [2.24, 2.45) is 0 Å². The zero-order valence-corrected chi connectivity index (χ0v) is 17.3. The van der Waals surface area contributed by atoms with Crippen LogP contribution in [0.2, 0.25) is 0 Å². The molecule has 1 fully saturated rings. The fraction of sp³-hybridized carbons (Fsp3) is 0.455. The SMILES string of the molecule is c1nc(N2CC[NH+](Cc3ccc4c(c3)OCO4)CC2)c2c3c(sc2n1)CCCC3. The Balaban J connectivity index is 1.19. The molecule has 4 heterocycles. The van der Waals surface area contributed by atoms with Crippen molar-refractivity contribution in [1.82, 2.24) is 9.97 Å². The van der Waals surface area contributed by atoms with E-state index in [1.165, 1.54) is 47.0 Å². The number of hydrogen-bond acceptors (Lipinski definition) is 6. The predicted molar refractivity (Wildman–Crippen MR) is 113 cm³/mol. The number of piperazine rings is 1. The smallest absolute Gasteiger partial charge is 0.231 e. The number of ether oxygens (including phenoxy) is 2. The number of nitrogens with zero attached hydrogens (tertiary/aromatic N) is 3. The normalized spacial score (nSPS) is 19.0. The summed E-state index contributed by atoms with van der Waals surface area (Å²) in [5.74, 6) is 2.91. The number of benzene rings is 1. The van der Waals surface area contributed by atoms with Gasteiger partial charge in [0.2, 0.25) is 6.79 Å². The standard InChI is InChI=1S/C22H24N4O2S/c1-2-4-19-16(3-1)20-21(23-13-24-22(20)29-19)26-9-7-25(8-10-26)12-15-5-6-17-18(11-15)28-14-27-17/h5-6,11,13H,1-4,7-10,12,14H2/p+1. The van der Waals surface area contributed by atoms with Crippen molar-refractivity contribution in [1.29, 1.82) is 0 Å². The number of rotatable bonds is 3. The quantitative estimate of drug-likeness (QED) is 0.719. The van der Waals surface area contributed by atoms with Crippen LogP contribution in [0.25, 0.3) is 10.2 Å². The van der Waals surface area contributed by atoms with Crippen LogP contribution in [-0.2, 0) is 19.4 Å². The van der Waals surface area contributed by atoms with Gasteiger partial charge in [0.1, 0.15) is 23.5 Å². The van der Waals surface area contributed by atoms with Crippen LogP contribution >= 0.6 is 11.3 Å². The van der Waals surface area contributed by atoms with E-state index < -0.39 is 0 Å². The van der Waals surface area contributed by atoms with Gasteiger partial charge in [-0.1, -0.05) is 0 Å². The van der Waals surface area contributed by atoms with Gasteiger partial charge >= 0.3 is 0 Å². The molecule has 2 aliphatic heterocycles. The molecule has 0 bridgehead atoms. The van der Waals surface area contributed by atoms with Gasteiger partial charge in [-0.2, -0.15) is 0 Å². The van der Waals surface area contributed by atoms with Gasteiger partial charge in [0.05, 0.1) is 31.6 Å². The third-order valence-corrected chi connectivity index (χ3v) is 7.59. The van der Waals surface area contributed by atoms with Gasteiger partial charge in [0.25, 0.3) is 0 Å². The first-order valence-corrected chi connectivity index (χ1v) is 11.4. The molecule has 7 heteroatoms. The fourth-order valence-corrected chi connectivity index (χ4v) is 6.09. The Kier molecular flexibility index (Phi) is 4.31. The number of thiophene rings is 1. The average molecular weight is 410 g/mol. The van der Waals surface area contributed by atoms with Gasteiger partial charge in [0.15, 0.2) is 11.5 Å². The maximum atomic E-state index is 5.53. The molecule has 1 saturated heterocycles. The van der Waals surface area contributed by atoms with Crippen molar-refractivity contribution in [3.63, 3.8) is 0 Å². The molecule has 1 aromatic carbocycles. The first-order chi connectivity index (χ1) is 14.3. The largest absolute Gasteiger partial charge is 0.454 e. The molecule has 3 aliphatic rings. The van der Waals surface area contributed by atoms with Gasteiger partial charge in [0, 0.05) is 10.4 Å². The summed E-state index contributed by atoms with van der Waals surface area (Å²) in [4.78, 5) is 16.1. The number of anilines is 1. The van der Waals surface area contributed by atoms with Crippen molar-refractivity contribution in [3.8, 4) is 11.5 Å². The second-order valence-corrected chi connectivity index (χ2v) is 9.27. The third-order valence-electron chi connectivity index (χ3n) is 6.39. The monoisotopic (exact) mass is 409 g/mol.